The third-order valence-electron chi connectivity index (χ3n) is 1.34. The molecule has 64 valence electrons. The van der Waals surface area contributed by atoms with Crippen LogP contribution in [-0.2, 0) is 0 Å². The molecule has 0 amide bonds. The zero-order valence-corrected chi connectivity index (χ0v) is 6.73. The highest BCUT2D eigenvalue weighted by Crippen LogP contribution is 2.10. The van der Waals surface area contributed by atoms with Crippen LogP contribution in [0.2, 0.25) is 0 Å². The minimum atomic E-state index is 0.686. The van der Waals surface area contributed by atoms with E-state index in [-0.39, 0.29) is 0 Å². The molecule has 0 aromatic heterocycles. The van der Waals surface area contributed by atoms with Gasteiger partial charge in [-0.05, 0) is 12.1 Å². The van der Waals surface area contributed by atoms with Crippen LogP contribution in [0.4, 0.5) is 5.69 Å². The number of aliphatic hydroxyl groups is 2. The van der Waals surface area contributed by atoms with Crippen molar-refractivity contribution in [1.29, 1.82) is 0 Å². The van der Waals surface area contributed by atoms with Gasteiger partial charge in [0.15, 0.2) is 0 Å². The first-order valence-corrected chi connectivity index (χ1v) is 3.53. The third kappa shape index (κ3) is 2.36. The van der Waals surface area contributed by atoms with E-state index in [1.807, 2.05) is 6.07 Å². The van der Waals surface area contributed by atoms with Crippen molar-refractivity contribution in [1.82, 2.24) is 0 Å². The molecule has 0 heterocycles. The van der Waals surface area contributed by atoms with Crippen molar-refractivity contribution in [3.8, 4) is 24.3 Å². The van der Waals surface area contributed by atoms with Crippen LogP contribution in [0, 0.1) is 24.3 Å². The number of hydrogen-bond donors (Lipinski definition) is 2. The van der Waals surface area contributed by atoms with Crippen molar-refractivity contribution in [3.63, 3.8) is 0 Å². The average molecular weight is 173 g/mol. The Bertz CT molecular complexity index is 358. The van der Waals surface area contributed by atoms with Gasteiger partial charge in [0.1, 0.15) is 12.2 Å². The largest absolute Gasteiger partial charge is 0.461 e. The molecule has 1 aromatic carbocycles. The summed E-state index contributed by atoms with van der Waals surface area (Å²) in [7, 11) is 0. The van der Waals surface area contributed by atoms with E-state index in [4.69, 9.17) is 10.2 Å². The lowest BCUT2D eigenvalue weighted by molar-refractivity contribution is 0.515. The first kappa shape index (κ1) is 8.83. The van der Waals surface area contributed by atoms with Crippen LogP contribution in [-0.4, -0.2) is 10.2 Å². The second-order valence-electron chi connectivity index (χ2n) is 2.12. The van der Waals surface area contributed by atoms with Gasteiger partial charge in [-0.15, -0.1) is 0 Å². The van der Waals surface area contributed by atoms with Crippen LogP contribution in [0.1, 0.15) is 0 Å². The molecule has 0 aliphatic carbocycles. The molecule has 0 spiro atoms. The highest BCUT2D eigenvalue weighted by Gasteiger charge is 1.97. The Morgan fingerprint density at radius 2 is 1.46 bits per heavy atom. The molecule has 2 N–H and O–H groups in total. The fraction of sp³-hybridized carbons (Fsp3) is 0. The molecule has 0 unspecified atom stereocenters. The van der Waals surface area contributed by atoms with Gasteiger partial charge in [0.25, 0.3) is 0 Å². The standard InChI is InChI=1S/C10H7NO2/c12-8-6-11(7-9-13)10-4-2-1-3-5-10/h1-5,12-13H. The third-order valence-corrected chi connectivity index (χ3v) is 1.34. The van der Waals surface area contributed by atoms with Crippen molar-refractivity contribution in [2.75, 3.05) is 4.90 Å². The summed E-state index contributed by atoms with van der Waals surface area (Å²) < 4.78 is 0. The number of hydrogen-bond acceptors (Lipinski definition) is 3. The van der Waals surface area contributed by atoms with Gasteiger partial charge in [0.05, 0.1) is 17.8 Å². The Morgan fingerprint density at radius 3 is 1.92 bits per heavy atom. The van der Waals surface area contributed by atoms with E-state index in [0.29, 0.717) is 5.69 Å². The summed E-state index contributed by atoms with van der Waals surface area (Å²) in [4.78, 5) is 1.22. The molecule has 1 rings (SSSR count). The van der Waals surface area contributed by atoms with E-state index >= 15 is 0 Å². The molecule has 1 aromatic rings. The number of aliphatic hydroxyl groups excluding tert-OH is 2. The molecule has 0 fully saturated rings. The molecular formula is C10H7NO2. The van der Waals surface area contributed by atoms with Crippen LogP contribution in [0.5, 0.6) is 0 Å². The minimum absolute atomic E-state index is 0.686. The lowest BCUT2D eigenvalue weighted by Crippen LogP contribution is -2.07. The van der Waals surface area contributed by atoms with Gasteiger partial charge in [0, 0.05) is 0 Å². The van der Waals surface area contributed by atoms with Crippen LogP contribution in [0.25, 0.3) is 0 Å². The van der Waals surface area contributed by atoms with E-state index in [1.54, 1.807) is 36.5 Å². The van der Waals surface area contributed by atoms with Gasteiger partial charge in [-0.25, -0.2) is 4.90 Å². The van der Waals surface area contributed by atoms with Gasteiger partial charge in [-0.1, -0.05) is 18.2 Å². The van der Waals surface area contributed by atoms with Crippen LogP contribution >= 0.6 is 0 Å². The van der Waals surface area contributed by atoms with Gasteiger partial charge in [-0.3, -0.25) is 0 Å². The Hall–Kier alpha value is -2.26. The first-order valence-electron chi connectivity index (χ1n) is 3.53. The number of anilines is 1. The number of benzene rings is 1. The maximum absolute atomic E-state index is 8.37. The maximum Gasteiger partial charge on any atom is 0.132 e. The van der Waals surface area contributed by atoms with Crippen LogP contribution < -0.4 is 4.90 Å². The molecule has 13 heavy (non-hydrogen) atoms. The molecule has 0 radical (unpaired) electrons. The molecule has 0 saturated carbocycles. The van der Waals surface area contributed by atoms with Crippen molar-refractivity contribution >= 4 is 5.69 Å². The smallest absolute Gasteiger partial charge is 0.132 e. The van der Waals surface area contributed by atoms with Crippen LogP contribution in [0.15, 0.2) is 30.3 Å². The van der Waals surface area contributed by atoms with E-state index in [2.05, 4.69) is 12.1 Å². The summed E-state index contributed by atoms with van der Waals surface area (Å²) in [5, 5.41) is 16.7. The van der Waals surface area contributed by atoms with Crippen LogP contribution in [0.3, 0.4) is 0 Å². The highest BCUT2D eigenvalue weighted by atomic mass is 16.2. The summed E-state index contributed by atoms with van der Waals surface area (Å²) in [6.07, 6.45) is 3.43. The zero-order valence-electron chi connectivity index (χ0n) is 6.73. The molecule has 3 nitrogen and oxygen atoms in total. The summed E-state index contributed by atoms with van der Waals surface area (Å²) >= 11 is 0. The summed E-state index contributed by atoms with van der Waals surface area (Å²) in [6.45, 7) is 0. The van der Waals surface area contributed by atoms with E-state index in [9.17, 15) is 0 Å². The number of para-hydroxylation sites is 1. The summed E-state index contributed by atoms with van der Waals surface area (Å²) in [5.41, 5.74) is 0.686. The fourth-order valence-corrected chi connectivity index (χ4v) is 0.834. The van der Waals surface area contributed by atoms with Gasteiger partial charge >= 0.3 is 0 Å². The SMILES string of the molecule is OC#CN(C#CO)c1ccccc1. The lowest BCUT2D eigenvalue weighted by Gasteiger charge is -2.06. The Kier molecular flexibility index (Phi) is 3.11. The van der Waals surface area contributed by atoms with E-state index in [0.717, 1.165) is 0 Å². The second kappa shape index (κ2) is 4.58. The highest BCUT2D eigenvalue weighted by molar-refractivity contribution is 5.56. The Morgan fingerprint density at radius 1 is 0.923 bits per heavy atom. The van der Waals surface area contributed by atoms with Crippen molar-refractivity contribution in [3.05, 3.63) is 30.3 Å². The predicted molar refractivity (Wildman–Crippen MR) is 48.3 cm³/mol. The molecule has 0 saturated heterocycles. The topological polar surface area (TPSA) is 43.7 Å². The quantitative estimate of drug-likeness (QED) is 0.493. The molecule has 0 bridgehead atoms. The Labute approximate surface area is 76.2 Å². The number of nitrogens with zero attached hydrogens (tertiary/aromatic N) is 1. The number of rotatable bonds is 1. The summed E-state index contributed by atoms with van der Waals surface area (Å²) in [6, 6.07) is 13.6. The normalized spacial score (nSPS) is 7.38. The van der Waals surface area contributed by atoms with Gasteiger partial charge < -0.3 is 10.2 Å². The van der Waals surface area contributed by atoms with E-state index in [1.165, 1.54) is 4.90 Å². The van der Waals surface area contributed by atoms with Crippen molar-refractivity contribution in [2.45, 2.75) is 0 Å². The fourth-order valence-electron chi connectivity index (χ4n) is 0.834. The predicted octanol–water partition coefficient (Wildman–Crippen LogP) is 1.07. The van der Waals surface area contributed by atoms with Crippen molar-refractivity contribution < 1.29 is 10.2 Å². The molecule has 0 atom stereocenters. The zero-order chi connectivity index (χ0) is 9.52. The first-order chi connectivity index (χ1) is 6.38. The summed E-state index contributed by atoms with van der Waals surface area (Å²) in [5.74, 6) is 0. The Balaban J connectivity index is 2.98. The van der Waals surface area contributed by atoms with Gasteiger partial charge in [-0.2, -0.15) is 0 Å². The lowest BCUT2D eigenvalue weighted by atomic mass is 10.3. The minimum Gasteiger partial charge on any atom is -0.461 e. The molecule has 0 aliphatic heterocycles. The van der Waals surface area contributed by atoms with Crippen molar-refractivity contribution in [2.24, 2.45) is 0 Å². The second-order valence-corrected chi connectivity index (χ2v) is 2.12. The molecule has 3 heteroatoms. The molecule has 0 aliphatic rings. The van der Waals surface area contributed by atoms with Gasteiger partial charge in [0.2, 0.25) is 0 Å². The average Bonchev–Trinajstić information content (AvgIpc) is 2.19. The van der Waals surface area contributed by atoms with E-state index < -0.39 is 0 Å². The molecular weight excluding hydrogens is 166 g/mol. The monoisotopic (exact) mass is 173 g/mol. The maximum atomic E-state index is 8.37.